The summed E-state index contributed by atoms with van der Waals surface area (Å²) in [6, 6.07) is 3.05. The first-order valence-electron chi connectivity index (χ1n) is 8.24. The second-order valence-electron chi connectivity index (χ2n) is 5.88. The zero-order valence-corrected chi connectivity index (χ0v) is 19.1. The maximum Gasteiger partial charge on any atom is 0.426 e. The van der Waals surface area contributed by atoms with E-state index in [0.717, 1.165) is 6.08 Å². The van der Waals surface area contributed by atoms with Crippen LogP contribution in [0.5, 0.6) is 11.5 Å². The van der Waals surface area contributed by atoms with Crippen LogP contribution in [0.1, 0.15) is 20.3 Å². The van der Waals surface area contributed by atoms with Gasteiger partial charge in [0.05, 0.1) is 28.9 Å². The number of hydrogen-bond donors (Lipinski definition) is 0. The topological polar surface area (TPSA) is 27.7 Å². The van der Waals surface area contributed by atoms with E-state index >= 15 is 0 Å². The Morgan fingerprint density at radius 2 is 1.59 bits per heavy atom. The van der Waals surface area contributed by atoms with E-state index in [1.54, 1.807) is 13.8 Å². The van der Waals surface area contributed by atoms with Gasteiger partial charge in [0, 0.05) is 18.6 Å². The van der Waals surface area contributed by atoms with Crippen molar-refractivity contribution < 1.29 is 27.4 Å². The SMILES string of the molecule is CC(CC(C)Oc1c(Cl)cc(OCC=C(Cl)Cl)cc1Cl)OC/C=C(\Cl)C(F)(F)F. The predicted octanol–water partition coefficient (Wildman–Crippen LogP) is 7.94. The van der Waals surface area contributed by atoms with Crippen molar-refractivity contribution in [1.29, 1.82) is 0 Å². The molecule has 0 aromatic heterocycles. The first-order chi connectivity index (χ1) is 13.4. The average molecular weight is 517 g/mol. The van der Waals surface area contributed by atoms with Crippen LogP contribution in [0.15, 0.2) is 33.8 Å². The van der Waals surface area contributed by atoms with Gasteiger partial charge >= 0.3 is 6.18 Å². The summed E-state index contributed by atoms with van der Waals surface area (Å²) in [5.74, 6) is 0.655. The van der Waals surface area contributed by atoms with E-state index in [0.29, 0.717) is 12.2 Å². The summed E-state index contributed by atoms with van der Waals surface area (Å²) in [5, 5.41) is -0.763. The molecule has 164 valence electrons. The fourth-order valence-corrected chi connectivity index (χ4v) is 2.86. The Labute approximate surface area is 192 Å². The molecule has 0 heterocycles. The maximum absolute atomic E-state index is 12.3. The van der Waals surface area contributed by atoms with E-state index in [9.17, 15) is 13.2 Å². The second-order valence-corrected chi connectivity index (χ2v) is 8.11. The van der Waals surface area contributed by atoms with Crippen LogP contribution >= 0.6 is 58.0 Å². The quantitative estimate of drug-likeness (QED) is 0.316. The second kappa shape index (κ2) is 12.4. The molecule has 11 heteroatoms. The molecule has 0 aliphatic carbocycles. The lowest BCUT2D eigenvalue weighted by molar-refractivity contribution is -0.0853. The highest BCUT2D eigenvalue weighted by atomic mass is 35.5. The molecule has 0 bridgehead atoms. The summed E-state index contributed by atoms with van der Waals surface area (Å²) in [4.78, 5) is 0. The van der Waals surface area contributed by atoms with E-state index in [1.165, 1.54) is 18.2 Å². The van der Waals surface area contributed by atoms with Crippen molar-refractivity contribution in [3.05, 3.63) is 43.9 Å². The van der Waals surface area contributed by atoms with Crippen LogP contribution in [0.3, 0.4) is 0 Å². The van der Waals surface area contributed by atoms with Crippen LogP contribution in [-0.4, -0.2) is 31.6 Å². The number of allylic oxidation sites excluding steroid dienone is 1. The van der Waals surface area contributed by atoms with Gasteiger partial charge in [-0.05, 0) is 26.0 Å². The van der Waals surface area contributed by atoms with Crippen LogP contribution in [-0.2, 0) is 4.74 Å². The van der Waals surface area contributed by atoms with Gasteiger partial charge in [-0.25, -0.2) is 0 Å². The molecule has 0 radical (unpaired) electrons. The predicted molar refractivity (Wildman–Crippen MR) is 112 cm³/mol. The Hall–Kier alpha value is -0.500. The lowest BCUT2D eigenvalue weighted by Gasteiger charge is -2.21. The number of ether oxygens (including phenoxy) is 3. The van der Waals surface area contributed by atoms with Gasteiger partial charge in [-0.3, -0.25) is 0 Å². The molecule has 0 spiro atoms. The fourth-order valence-electron chi connectivity index (χ4n) is 2.12. The largest absolute Gasteiger partial charge is 0.489 e. The molecule has 2 atom stereocenters. The summed E-state index contributed by atoms with van der Waals surface area (Å²) >= 11 is 28.5. The van der Waals surface area contributed by atoms with E-state index in [2.05, 4.69) is 0 Å². The van der Waals surface area contributed by atoms with Crippen LogP contribution in [0, 0.1) is 0 Å². The zero-order valence-electron chi connectivity index (χ0n) is 15.3. The minimum Gasteiger partial charge on any atom is -0.489 e. The lowest BCUT2D eigenvalue weighted by Crippen LogP contribution is -2.21. The number of hydrogen-bond acceptors (Lipinski definition) is 3. The van der Waals surface area contributed by atoms with Gasteiger partial charge in [-0.15, -0.1) is 0 Å². The molecule has 0 fully saturated rings. The maximum atomic E-state index is 12.3. The van der Waals surface area contributed by atoms with Crippen LogP contribution < -0.4 is 9.47 Å². The molecule has 0 N–H and O–H groups in total. The molecule has 0 amide bonds. The first-order valence-corrected chi connectivity index (χ1v) is 10.1. The van der Waals surface area contributed by atoms with Crippen molar-refractivity contribution in [2.24, 2.45) is 0 Å². The van der Waals surface area contributed by atoms with Gasteiger partial charge in [-0.1, -0.05) is 58.0 Å². The Bertz CT molecular complexity index is 711. The summed E-state index contributed by atoms with van der Waals surface area (Å²) in [6.45, 7) is 3.31. The first kappa shape index (κ1) is 26.5. The van der Waals surface area contributed by atoms with Crippen molar-refractivity contribution in [3.63, 3.8) is 0 Å². The summed E-state index contributed by atoms with van der Waals surface area (Å²) in [7, 11) is 0. The molecule has 1 aromatic carbocycles. The standard InChI is InChI=1S/C18H18Cl5F3O3/c1-10(27-5-3-15(21)18(24,25)26)7-11(2)29-17-13(19)8-12(9-14(17)20)28-6-4-16(22)23/h3-4,8-11H,5-7H2,1-2H3/b15-3-. The molecular formula is C18H18Cl5F3O3. The Morgan fingerprint density at radius 3 is 2.10 bits per heavy atom. The van der Waals surface area contributed by atoms with E-state index < -0.39 is 17.3 Å². The highest BCUT2D eigenvalue weighted by molar-refractivity contribution is 6.55. The summed E-state index contributed by atoms with van der Waals surface area (Å²) < 4.78 is 53.5. The average Bonchev–Trinajstić information content (AvgIpc) is 2.56. The third kappa shape index (κ3) is 10.4. The number of alkyl halides is 3. The molecular weight excluding hydrogens is 498 g/mol. The normalized spacial score (nSPS) is 14.3. The number of halogens is 8. The van der Waals surface area contributed by atoms with Gasteiger partial charge < -0.3 is 14.2 Å². The lowest BCUT2D eigenvalue weighted by atomic mass is 10.2. The minimum atomic E-state index is -4.58. The molecule has 0 aliphatic rings. The van der Waals surface area contributed by atoms with Crippen molar-refractivity contribution in [1.82, 2.24) is 0 Å². The minimum absolute atomic E-state index is 0.0727. The van der Waals surface area contributed by atoms with Crippen molar-refractivity contribution in [3.8, 4) is 11.5 Å². The highest BCUT2D eigenvalue weighted by Gasteiger charge is 2.32. The molecule has 0 saturated heterocycles. The van der Waals surface area contributed by atoms with E-state index in [1.807, 2.05) is 0 Å². The third-order valence-electron chi connectivity index (χ3n) is 3.36. The van der Waals surface area contributed by atoms with Gasteiger partial charge in [0.1, 0.15) is 21.9 Å². The molecule has 3 nitrogen and oxygen atoms in total. The monoisotopic (exact) mass is 514 g/mol. The Balaban J connectivity index is 2.60. The number of rotatable bonds is 10. The third-order valence-corrected chi connectivity index (χ3v) is 4.60. The van der Waals surface area contributed by atoms with Gasteiger partial charge in [0.25, 0.3) is 0 Å². The smallest absolute Gasteiger partial charge is 0.426 e. The van der Waals surface area contributed by atoms with Gasteiger partial charge in [0.2, 0.25) is 0 Å². The van der Waals surface area contributed by atoms with Gasteiger partial charge in [0.15, 0.2) is 5.75 Å². The molecule has 1 aromatic rings. The molecule has 2 unspecified atom stereocenters. The summed E-state index contributed by atoms with van der Waals surface area (Å²) in [6.07, 6.45) is -2.77. The Morgan fingerprint density at radius 1 is 1.00 bits per heavy atom. The highest BCUT2D eigenvalue weighted by Crippen LogP contribution is 2.38. The van der Waals surface area contributed by atoms with E-state index in [-0.39, 0.29) is 39.6 Å². The van der Waals surface area contributed by atoms with E-state index in [4.69, 9.17) is 72.2 Å². The van der Waals surface area contributed by atoms with Crippen LogP contribution in [0.4, 0.5) is 13.2 Å². The van der Waals surface area contributed by atoms with Crippen LogP contribution in [0.2, 0.25) is 10.0 Å². The molecule has 0 aliphatic heterocycles. The van der Waals surface area contributed by atoms with Crippen molar-refractivity contribution in [2.75, 3.05) is 13.2 Å². The van der Waals surface area contributed by atoms with Crippen LogP contribution in [0.25, 0.3) is 0 Å². The Kier molecular flexibility index (Phi) is 11.3. The van der Waals surface area contributed by atoms with Crippen molar-refractivity contribution in [2.45, 2.75) is 38.7 Å². The summed E-state index contributed by atoms with van der Waals surface area (Å²) in [5.41, 5.74) is 0. The molecule has 29 heavy (non-hydrogen) atoms. The van der Waals surface area contributed by atoms with Crippen molar-refractivity contribution >= 4 is 58.0 Å². The van der Waals surface area contributed by atoms with Gasteiger partial charge in [-0.2, -0.15) is 13.2 Å². The fraction of sp³-hybridized carbons (Fsp3) is 0.444. The molecule has 1 rings (SSSR count). The molecule has 0 saturated carbocycles. The number of benzene rings is 1. The zero-order chi connectivity index (χ0) is 22.2.